The predicted octanol–water partition coefficient (Wildman–Crippen LogP) is 1.93. The molecule has 0 radical (unpaired) electrons. The summed E-state index contributed by atoms with van der Waals surface area (Å²) in [5.74, 6) is 1.34. The molecule has 1 aliphatic rings. The fraction of sp³-hybridized carbons (Fsp3) is 0.364. The molecule has 1 fully saturated rings. The van der Waals surface area contributed by atoms with Crippen molar-refractivity contribution in [2.45, 2.75) is 12.8 Å². The Labute approximate surface area is 83.1 Å². The Kier molecular flexibility index (Phi) is 2.28. The van der Waals surface area contributed by atoms with Gasteiger partial charge in [-0.1, -0.05) is 0 Å². The molecule has 0 spiro atoms. The van der Waals surface area contributed by atoms with Crippen molar-refractivity contribution in [3.63, 3.8) is 0 Å². The van der Waals surface area contributed by atoms with E-state index >= 15 is 0 Å². The summed E-state index contributed by atoms with van der Waals surface area (Å²) in [6, 6.07) is 7.23. The van der Waals surface area contributed by atoms with Crippen LogP contribution in [0.25, 0.3) is 0 Å². The normalized spacial score (nSPS) is 14.8. The molecule has 0 saturated heterocycles. The van der Waals surface area contributed by atoms with Crippen molar-refractivity contribution in [1.82, 2.24) is 0 Å². The van der Waals surface area contributed by atoms with Crippen LogP contribution in [0.2, 0.25) is 0 Å². The zero-order valence-corrected chi connectivity index (χ0v) is 7.86. The number of nitrogens with zero attached hydrogens (tertiary/aromatic N) is 1. The van der Waals surface area contributed by atoms with Gasteiger partial charge in [-0.3, -0.25) is 0 Å². The van der Waals surface area contributed by atoms with E-state index in [0.29, 0.717) is 22.9 Å². The van der Waals surface area contributed by atoms with Crippen molar-refractivity contribution >= 4 is 5.69 Å². The van der Waals surface area contributed by atoms with E-state index in [9.17, 15) is 0 Å². The lowest BCUT2D eigenvalue weighted by atomic mass is 10.2. The number of nitrogen functional groups attached to an aromatic ring is 1. The van der Waals surface area contributed by atoms with Crippen molar-refractivity contribution in [1.29, 1.82) is 5.26 Å². The topological polar surface area (TPSA) is 59.0 Å². The number of nitrogens with two attached hydrogens (primary N) is 1. The summed E-state index contributed by atoms with van der Waals surface area (Å²) in [4.78, 5) is 0. The molecule has 0 bridgehead atoms. The Bertz CT molecular complexity index is 377. The zero-order valence-electron chi connectivity index (χ0n) is 7.86. The molecule has 14 heavy (non-hydrogen) atoms. The highest BCUT2D eigenvalue weighted by Crippen LogP contribution is 2.30. The maximum atomic E-state index is 8.84. The van der Waals surface area contributed by atoms with Gasteiger partial charge >= 0.3 is 0 Å². The minimum Gasteiger partial charge on any atom is -0.492 e. The molecule has 0 unspecified atom stereocenters. The molecule has 3 nitrogen and oxygen atoms in total. The number of hydrogen-bond donors (Lipinski definition) is 1. The SMILES string of the molecule is N#Cc1cc(N)ccc1OCC1CC1. The van der Waals surface area contributed by atoms with Crippen molar-refractivity contribution in [3.8, 4) is 11.8 Å². The number of anilines is 1. The fourth-order valence-corrected chi connectivity index (χ4v) is 1.25. The van der Waals surface area contributed by atoms with Crippen molar-refractivity contribution in [2.24, 2.45) is 5.92 Å². The summed E-state index contributed by atoms with van der Waals surface area (Å²) in [5.41, 5.74) is 6.68. The second kappa shape index (κ2) is 3.59. The molecule has 72 valence electrons. The van der Waals surface area contributed by atoms with Crippen LogP contribution in [0.15, 0.2) is 18.2 Å². The maximum Gasteiger partial charge on any atom is 0.137 e. The zero-order chi connectivity index (χ0) is 9.97. The van der Waals surface area contributed by atoms with Crippen molar-refractivity contribution in [3.05, 3.63) is 23.8 Å². The van der Waals surface area contributed by atoms with Gasteiger partial charge in [0.25, 0.3) is 0 Å². The van der Waals surface area contributed by atoms with Gasteiger partial charge in [-0.25, -0.2) is 0 Å². The standard InChI is InChI=1S/C11H12N2O/c12-6-9-5-10(13)3-4-11(9)14-7-8-1-2-8/h3-5,8H,1-2,7,13H2. The Morgan fingerprint density at radius 2 is 2.29 bits per heavy atom. The monoisotopic (exact) mass is 188 g/mol. The molecular formula is C11H12N2O. The third-order valence-corrected chi connectivity index (χ3v) is 2.30. The Morgan fingerprint density at radius 1 is 1.50 bits per heavy atom. The minimum atomic E-state index is 0.519. The van der Waals surface area contributed by atoms with Gasteiger partial charge in [0.2, 0.25) is 0 Å². The predicted molar refractivity (Wildman–Crippen MR) is 53.8 cm³/mol. The van der Waals surface area contributed by atoms with Gasteiger partial charge in [-0.15, -0.1) is 0 Å². The molecule has 0 heterocycles. The summed E-state index contributed by atoms with van der Waals surface area (Å²) < 4.78 is 5.53. The molecular weight excluding hydrogens is 176 g/mol. The van der Waals surface area contributed by atoms with E-state index in [1.807, 2.05) is 0 Å². The van der Waals surface area contributed by atoms with Gasteiger partial charge in [0.05, 0.1) is 12.2 Å². The Balaban J connectivity index is 2.10. The van der Waals surface area contributed by atoms with E-state index in [-0.39, 0.29) is 0 Å². The first-order valence-electron chi connectivity index (χ1n) is 4.72. The maximum absolute atomic E-state index is 8.84. The van der Waals surface area contributed by atoms with Gasteiger partial charge in [-0.05, 0) is 37.0 Å². The molecule has 3 heteroatoms. The largest absolute Gasteiger partial charge is 0.492 e. The molecule has 1 saturated carbocycles. The van der Waals surface area contributed by atoms with Crippen molar-refractivity contribution in [2.75, 3.05) is 12.3 Å². The molecule has 0 aliphatic heterocycles. The smallest absolute Gasteiger partial charge is 0.137 e. The van der Waals surface area contributed by atoms with Gasteiger partial charge in [-0.2, -0.15) is 5.26 Å². The summed E-state index contributed by atoms with van der Waals surface area (Å²) in [5, 5.41) is 8.84. The first-order valence-corrected chi connectivity index (χ1v) is 4.72. The number of nitriles is 1. The van der Waals surface area contributed by atoms with Crippen LogP contribution in [-0.4, -0.2) is 6.61 Å². The lowest BCUT2D eigenvalue weighted by molar-refractivity contribution is 0.299. The highest BCUT2D eigenvalue weighted by molar-refractivity contribution is 5.53. The highest BCUT2D eigenvalue weighted by atomic mass is 16.5. The molecule has 2 N–H and O–H groups in total. The number of hydrogen-bond acceptors (Lipinski definition) is 3. The molecule has 1 aliphatic carbocycles. The Hall–Kier alpha value is -1.69. The average molecular weight is 188 g/mol. The van der Waals surface area contributed by atoms with Crippen LogP contribution in [0.4, 0.5) is 5.69 Å². The summed E-state index contributed by atoms with van der Waals surface area (Å²) in [6.07, 6.45) is 2.49. The first-order chi connectivity index (χ1) is 6.79. The highest BCUT2D eigenvalue weighted by Gasteiger charge is 2.22. The second-order valence-corrected chi connectivity index (χ2v) is 3.62. The van der Waals surface area contributed by atoms with E-state index in [1.54, 1.807) is 18.2 Å². The van der Waals surface area contributed by atoms with E-state index in [2.05, 4.69) is 6.07 Å². The fourth-order valence-electron chi connectivity index (χ4n) is 1.25. The van der Waals surface area contributed by atoms with Crippen LogP contribution in [0.3, 0.4) is 0 Å². The summed E-state index contributed by atoms with van der Waals surface area (Å²) >= 11 is 0. The van der Waals surface area contributed by atoms with Gasteiger partial charge in [0.15, 0.2) is 0 Å². The molecule has 1 aromatic rings. The van der Waals surface area contributed by atoms with Crippen LogP contribution >= 0.6 is 0 Å². The number of benzene rings is 1. The van der Waals surface area contributed by atoms with Gasteiger partial charge in [0, 0.05) is 5.69 Å². The van der Waals surface area contributed by atoms with Crippen LogP contribution in [0.1, 0.15) is 18.4 Å². The van der Waals surface area contributed by atoms with Crippen LogP contribution in [0, 0.1) is 17.2 Å². The number of rotatable bonds is 3. The van der Waals surface area contributed by atoms with E-state index < -0.39 is 0 Å². The third-order valence-electron chi connectivity index (χ3n) is 2.30. The van der Waals surface area contributed by atoms with E-state index in [0.717, 1.165) is 6.61 Å². The van der Waals surface area contributed by atoms with Crippen LogP contribution in [-0.2, 0) is 0 Å². The average Bonchev–Trinajstić information content (AvgIpc) is 2.99. The molecule has 0 atom stereocenters. The van der Waals surface area contributed by atoms with E-state index in [1.165, 1.54) is 12.8 Å². The van der Waals surface area contributed by atoms with E-state index in [4.69, 9.17) is 15.7 Å². The van der Waals surface area contributed by atoms with Gasteiger partial charge < -0.3 is 10.5 Å². The summed E-state index contributed by atoms with van der Waals surface area (Å²) in [7, 11) is 0. The van der Waals surface area contributed by atoms with Crippen molar-refractivity contribution < 1.29 is 4.74 Å². The number of ether oxygens (including phenoxy) is 1. The quantitative estimate of drug-likeness (QED) is 0.737. The van der Waals surface area contributed by atoms with Crippen LogP contribution < -0.4 is 10.5 Å². The third kappa shape index (κ3) is 1.97. The second-order valence-electron chi connectivity index (χ2n) is 3.62. The summed E-state index contributed by atoms with van der Waals surface area (Å²) in [6.45, 7) is 0.721. The lowest BCUT2D eigenvalue weighted by Gasteiger charge is -2.06. The first kappa shape index (κ1) is 8.89. The van der Waals surface area contributed by atoms with Gasteiger partial charge in [0.1, 0.15) is 11.8 Å². The molecule has 1 aromatic carbocycles. The lowest BCUT2D eigenvalue weighted by Crippen LogP contribution is -2.01. The van der Waals surface area contributed by atoms with Crippen LogP contribution in [0.5, 0.6) is 5.75 Å². The minimum absolute atomic E-state index is 0.519. The molecule has 2 rings (SSSR count). The molecule has 0 amide bonds. The Morgan fingerprint density at radius 3 is 2.93 bits per heavy atom. The molecule has 0 aromatic heterocycles.